The van der Waals surface area contributed by atoms with E-state index in [1.165, 1.54) is 11.0 Å². The number of hydrogen-bond donors (Lipinski definition) is 1. The maximum Gasteiger partial charge on any atom is 0.271 e. The second-order valence-electron chi connectivity index (χ2n) is 4.63. The molecule has 102 valence electrons. The van der Waals surface area contributed by atoms with Gasteiger partial charge in [-0.15, -0.1) is 5.10 Å². The van der Waals surface area contributed by atoms with Crippen molar-refractivity contribution in [2.24, 2.45) is 5.10 Å². The van der Waals surface area contributed by atoms with Gasteiger partial charge in [0.25, 0.3) is 5.91 Å². The lowest BCUT2D eigenvalue weighted by Gasteiger charge is -2.03. The van der Waals surface area contributed by atoms with E-state index in [4.69, 9.17) is 0 Å². The Balaban J connectivity index is 1.68. The summed E-state index contributed by atoms with van der Waals surface area (Å²) in [6.45, 7) is 0. The maximum absolute atomic E-state index is 11.9. The molecule has 1 heterocycles. The number of rotatable bonds is 3. The quantitative estimate of drug-likeness (QED) is 0.852. The minimum absolute atomic E-state index is 0.201. The molecule has 0 radical (unpaired) electrons. The molecule has 3 rings (SSSR count). The first kappa shape index (κ1) is 12.5. The number of carbonyl (C=O) groups excluding carboxylic acids is 1. The van der Waals surface area contributed by atoms with Gasteiger partial charge in [-0.3, -0.25) is 4.79 Å². The van der Waals surface area contributed by atoms with E-state index in [0.717, 1.165) is 37.1 Å². The van der Waals surface area contributed by atoms with Crippen LogP contribution >= 0.6 is 0 Å². The summed E-state index contributed by atoms with van der Waals surface area (Å²) in [4.78, 5) is 11.9. The molecule has 0 spiro atoms. The Bertz CT molecular complexity index is 609. The van der Waals surface area contributed by atoms with Crippen LogP contribution in [0.2, 0.25) is 0 Å². The van der Waals surface area contributed by atoms with Crippen LogP contribution in [0.25, 0.3) is 5.69 Å². The lowest BCUT2D eigenvalue weighted by molar-refractivity contribution is 0.0954. The van der Waals surface area contributed by atoms with Crippen molar-refractivity contribution in [3.63, 3.8) is 0 Å². The first-order valence-corrected chi connectivity index (χ1v) is 6.52. The van der Waals surface area contributed by atoms with Gasteiger partial charge in [-0.1, -0.05) is 0 Å². The van der Waals surface area contributed by atoms with E-state index in [0.29, 0.717) is 5.56 Å². The van der Waals surface area contributed by atoms with Gasteiger partial charge < -0.3 is 0 Å². The molecule has 1 aromatic carbocycles. The Morgan fingerprint density at radius 1 is 1.20 bits per heavy atom. The van der Waals surface area contributed by atoms with Gasteiger partial charge in [0, 0.05) is 11.3 Å². The molecule has 7 heteroatoms. The van der Waals surface area contributed by atoms with Crippen LogP contribution in [-0.4, -0.2) is 31.8 Å². The minimum atomic E-state index is -0.201. The summed E-state index contributed by atoms with van der Waals surface area (Å²) >= 11 is 0. The molecule has 1 aliphatic rings. The second-order valence-corrected chi connectivity index (χ2v) is 4.63. The van der Waals surface area contributed by atoms with Crippen molar-refractivity contribution >= 4 is 11.6 Å². The highest BCUT2D eigenvalue weighted by Crippen LogP contribution is 2.14. The van der Waals surface area contributed by atoms with E-state index in [1.807, 2.05) is 0 Å². The SMILES string of the molecule is O=C(NN=C1CCCC1)c1ccc(-n2cnnn2)cc1. The Morgan fingerprint density at radius 3 is 2.60 bits per heavy atom. The Kier molecular flexibility index (Phi) is 3.49. The van der Waals surface area contributed by atoms with E-state index >= 15 is 0 Å². The summed E-state index contributed by atoms with van der Waals surface area (Å²) < 4.78 is 1.53. The van der Waals surface area contributed by atoms with Gasteiger partial charge in [-0.25, -0.2) is 10.1 Å². The second kappa shape index (κ2) is 5.60. The topological polar surface area (TPSA) is 85.1 Å². The number of nitrogens with one attached hydrogen (secondary N) is 1. The number of carbonyl (C=O) groups is 1. The van der Waals surface area contributed by atoms with Crippen molar-refractivity contribution in [1.82, 2.24) is 25.6 Å². The third kappa shape index (κ3) is 2.71. The van der Waals surface area contributed by atoms with Crippen molar-refractivity contribution < 1.29 is 4.79 Å². The van der Waals surface area contributed by atoms with Gasteiger partial charge in [0.2, 0.25) is 0 Å². The highest BCUT2D eigenvalue weighted by molar-refractivity contribution is 5.95. The fraction of sp³-hybridized carbons (Fsp3) is 0.308. The molecule has 7 nitrogen and oxygen atoms in total. The lowest BCUT2D eigenvalue weighted by Crippen LogP contribution is -2.19. The largest absolute Gasteiger partial charge is 0.271 e. The van der Waals surface area contributed by atoms with Crippen molar-refractivity contribution in [2.75, 3.05) is 0 Å². The van der Waals surface area contributed by atoms with Crippen LogP contribution in [0.1, 0.15) is 36.0 Å². The molecule has 1 aliphatic carbocycles. The smallest absolute Gasteiger partial charge is 0.267 e. The summed E-state index contributed by atoms with van der Waals surface area (Å²) in [5.74, 6) is -0.201. The van der Waals surface area contributed by atoms with Crippen LogP contribution in [0.3, 0.4) is 0 Å². The Morgan fingerprint density at radius 2 is 1.95 bits per heavy atom. The molecule has 1 N–H and O–H groups in total. The van der Waals surface area contributed by atoms with Crippen molar-refractivity contribution in [3.05, 3.63) is 36.2 Å². The normalized spacial score (nSPS) is 14.3. The summed E-state index contributed by atoms with van der Waals surface area (Å²) in [7, 11) is 0. The van der Waals surface area contributed by atoms with Gasteiger partial charge in [-0.05, 0) is 60.4 Å². The number of hydrogen-bond acceptors (Lipinski definition) is 5. The predicted molar refractivity (Wildman–Crippen MR) is 72.5 cm³/mol. The molecule has 20 heavy (non-hydrogen) atoms. The Labute approximate surface area is 115 Å². The first-order valence-electron chi connectivity index (χ1n) is 6.52. The zero-order valence-corrected chi connectivity index (χ0v) is 10.9. The number of hydrazone groups is 1. The fourth-order valence-corrected chi connectivity index (χ4v) is 2.13. The lowest BCUT2D eigenvalue weighted by atomic mass is 10.2. The first-order chi connectivity index (χ1) is 9.83. The van der Waals surface area contributed by atoms with E-state index in [2.05, 4.69) is 26.1 Å². The van der Waals surface area contributed by atoms with E-state index in [1.54, 1.807) is 24.3 Å². The molecule has 0 aliphatic heterocycles. The van der Waals surface area contributed by atoms with Gasteiger partial charge >= 0.3 is 0 Å². The number of nitrogens with zero attached hydrogens (tertiary/aromatic N) is 5. The van der Waals surface area contributed by atoms with E-state index in [9.17, 15) is 4.79 Å². The standard InChI is InChI=1S/C13H14N6O/c20-13(16-15-11-3-1-2-4-11)10-5-7-12(8-6-10)19-9-14-17-18-19/h5-9H,1-4H2,(H,16,20). The van der Waals surface area contributed by atoms with E-state index in [-0.39, 0.29) is 5.91 Å². The van der Waals surface area contributed by atoms with Crippen LogP contribution in [0.15, 0.2) is 35.7 Å². The molecular formula is C13H14N6O. The molecule has 1 aromatic heterocycles. The Hall–Kier alpha value is -2.57. The van der Waals surface area contributed by atoms with Crippen LogP contribution in [-0.2, 0) is 0 Å². The molecule has 1 saturated carbocycles. The van der Waals surface area contributed by atoms with Gasteiger partial charge in [0.15, 0.2) is 0 Å². The van der Waals surface area contributed by atoms with Crippen molar-refractivity contribution in [3.8, 4) is 5.69 Å². The fourth-order valence-electron chi connectivity index (χ4n) is 2.13. The molecule has 0 atom stereocenters. The average molecular weight is 270 g/mol. The maximum atomic E-state index is 11.9. The highest BCUT2D eigenvalue weighted by atomic mass is 16.2. The van der Waals surface area contributed by atoms with Crippen molar-refractivity contribution in [1.29, 1.82) is 0 Å². The molecule has 2 aromatic rings. The van der Waals surface area contributed by atoms with Crippen molar-refractivity contribution in [2.45, 2.75) is 25.7 Å². The summed E-state index contributed by atoms with van der Waals surface area (Å²) in [6.07, 6.45) is 5.79. The molecule has 1 fully saturated rings. The summed E-state index contributed by atoms with van der Waals surface area (Å²) in [5.41, 5.74) is 5.03. The average Bonchev–Trinajstić information content (AvgIpc) is 3.18. The number of aromatic nitrogens is 4. The summed E-state index contributed by atoms with van der Waals surface area (Å²) in [6, 6.07) is 7.02. The third-order valence-corrected chi connectivity index (χ3v) is 3.24. The monoisotopic (exact) mass is 270 g/mol. The molecule has 1 amide bonds. The highest BCUT2D eigenvalue weighted by Gasteiger charge is 2.10. The number of tetrazole rings is 1. The number of amides is 1. The predicted octanol–water partition coefficient (Wildman–Crippen LogP) is 1.32. The number of benzene rings is 1. The molecule has 0 bridgehead atoms. The molecular weight excluding hydrogens is 256 g/mol. The van der Waals surface area contributed by atoms with Crippen LogP contribution in [0.5, 0.6) is 0 Å². The zero-order valence-electron chi connectivity index (χ0n) is 10.9. The van der Waals surface area contributed by atoms with Gasteiger partial charge in [-0.2, -0.15) is 5.10 Å². The van der Waals surface area contributed by atoms with E-state index < -0.39 is 0 Å². The van der Waals surface area contributed by atoms with Gasteiger partial charge in [0.1, 0.15) is 6.33 Å². The molecule has 0 saturated heterocycles. The van der Waals surface area contributed by atoms with Crippen LogP contribution < -0.4 is 5.43 Å². The van der Waals surface area contributed by atoms with Crippen LogP contribution in [0, 0.1) is 0 Å². The van der Waals surface area contributed by atoms with Gasteiger partial charge in [0.05, 0.1) is 5.69 Å². The summed E-state index contributed by atoms with van der Waals surface area (Å²) in [5, 5.41) is 15.1. The zero-order chi connectivity index (χ0) is 13.8. The minimum Gasteiger partial charge on any atom is -0.267 e. The third-order valence-electron chi connectivity index (χ3n) is 3.24. The molecule has 0 unspecified atom stereocenters. The van der Waals surface area contributed by atoms with Crippen LogP contribution in [0.4, 0.5) is 0 Å².